The summed E-state index contributed by atoms with van der Waals surface area (Å²) in [5.74, 6) is 0. The molecular formula is C51H29N5. The van der Waals surface area contributed by atoms with Crippen LogP contribution in [0, 0.1) is 0 Å². The molecule has 0 saturated heterocycles. The Morgan fingerprint density at radius 1 is 0.375 bits per heavy atom. The van der Waals surface area contributed by atoms with Crippen LogP contribution in [0.2, 0.25) is 0 Å². The number of hydrogen-bond acceptors (Lipinski definition) is 3. The quantitative estimate of drug-likeness (QED) is 0.183. The molecule has 0 N–H and O–H groups in total. The van der Waals surface area contributed by atoms with Crippen molar-refractivity contribution in [2.75, 3.05) is 0 Å². The van der Waals surface area contributed by atoms with Gasteiger partial charge in [-0.3, -0.25) is 0 Å². The minimum Gasteiger partial charge on any atom is -0.309 e. The van der Waals surface area contributed by atoms with E-state index in [9.17, 15) is 0 Å². The molecule has 5 heteroatoms. The molecule has 5 nitrogen and oxygen atoms in total. The van der Waals surface area contributed by atoms with E-state index in [0.29, 0.717) is 5.65 Å². The maximum atomic E-state index is 5.14. The molecule has 8 aromatic carbocycles. The first-order valence-corrected chi connectivity index (χ1v) is 19.0. The van der Waals surface area contributed by atoms with Gasteiger partial charge in [0.2, 0.25) is 0 Å². The van der Waals surface area contributed by atoms with Crippen molar-refractivity contribution in [3.05, 3.63) is 176 Å². The lowest BCUT2D eigenvalue weighted by Gasteiger charge is -2.13. The van der Waals surface area contributed by atoms with E-state index in [-0.39, 0.29) is 0 Å². The zero-order chi connectivity index (χ0) is 36.5. The Morgan fingerprint density at radius 2 is 1.02 bits per heavy atom. The van der Waals surface area contributed by atoms with Crippen LogP contribution in [0.3, 0.4) is 0 Å². The van der Waals surface area contributed by atoms with Crippen molar-refractivity contribution in [1.29, 1.82) is 0 Å². The minimum atomic E-state index is 0.638. The van der Waals surface area contributed by atoms with Gasteiger partial charge in [0.25, 0.3) is 0 Å². The largest absolute Gasteiger partial charge is 0.309 e. The summed E-state index contributed by atoms with van der Waals surface area (Å²) in [5.41, 5.74) is 12.4. The van der Waals surface area contributed by atoms with Crippen LogP contribution in [-0.2, 0) is 0 Å². The van der Waals surface area contributed by atoms with Crippen LogP contribution < -0.4 is 0 Å². The average Bonchev–Trinajstić information content (AvgIpc) is 3.92. The predicted molar refractivity (Wildman–Crippen MR) is 232 cm³/mol. The van der Waals surface area contributed by atoms with Gasteiger partial charge < -0.3 is 8.97 Å². The summed E-state index contributed by atoms with van der Waals surface area (Å²) in [5, 5.41) is 12.7. The molecule has 56 heavy (non-hydrogen) atoms. The van der Waals surface area contributed by atoms with Crippen LogP contribution in [0.5, 0.6) is 0 Å². The summed E-state index contributed by atoms with van der Waals surface area (Å²) < 4.78 is 5.06. The average molecular weight is 712 g/mol. The molecular weight excluding hydrogens is 683 g/mol. The SMILES string of the molecule is c1ccc(-c2nc3ncccc3nc2-c2ccc(-n3c4ccccc4c4c3c3ccccc3c3c5cccc6c7ccc8ccccc8c7n(c65)c34)cc2)cc1. The van der Waals surface area contributed by atoms with Gasteiger partial charge in [-0.25, -0.2) is 15.0 Å². The van der Waals surface area contributed by atoms with Gasteiger partial charge in [-0.1, -0.05) is 140 Å². The highest BCUT2D eigenvalue weighted by atomic mass is 15.0. The third-order valence-electron chi connectivity index (χ3n) is 11.9. The fourth-order valence-electron chi connectivity index (χ4n) is 9.57. The van der Waals surface area contributed by atoms with Gasteiger partial charge in [0.15, 0.2) is 5.65 Å². The van der Waals surface area contributed by atoms with E-state index in [0.717, 1.165) is 33.7 Å². The zero-order valence-corrected chi connectivity index (χ0v) is 30.0. The van der Waals surface area contributed by atoms with Crippen molar-refractivity contribution in [2.45, 2.75) is 0 Å². The molecule has 0 spiro atoms. The molecule has 0 aliphatic heterocycles. The van der Waals surface area contributed by atoms with E-state index in [1.54, 1.807) is 6.20 Å². The van der Waals surface area contributed by atoms with Gasteiger partial charge in [0.05, 0.1) is 39.0 Å². The predicted octanol–water partition coefficient (Wildman–Crippen LogP) is 12.9. The lowest BCUT2D eigenvalue weighted by molar-refractivity contribution is 1.18. The number of aromatic nitrogens is 5. The molecule has 5 aromatic heterocycles. The second-order valence-corrected chi connectivity index (χ2v) is 14.7. The first kappa shape index (κ1) is 29.8. The van der Waals surface area contributed by atoms with Gasteiger partial charge in [-0.05, 0) is 41.1 Å². The summed E-state index contributed by atoms with van der Waals surface area (Å²) in [6, 6.07) is 61.1. The molecule has 258 valence electrons. The van der Waals surface area contributed by atoms with Crippen molar-refractivity contribution in [1.82, 2.24) is 23.9 Å². The first-order valence-electron chi connectivity index (χ1n) is 19.0. The zero-order valence-electron chi connectivity index (χ0n) is 30.0. The van der Waals surface area contributed by atoms with Crippen molar-refractivity contribution in [3.63, 3.8) is 0 Å². The smallest absolute Gasteiger partial charge is 0.178 e. The van der Waals surface area contributed by atoms with Crippen molar-refractivity contribution < 1.29 is 0 Å². The number of hydrogen-bond donors (Lipinski definition) is 0. The Morgan fingerprint density at radius 3 is 1.89 bits per heavy atom. The first-order chi connectivity index (χ1) is 27.8. The monoisotopic (exact) mass is 711 g/mol. The second-order valence-electron chi connectivity index (χ2n) is 14.7. The number of nitrogens with zero attached hydrogens (tertiary/aromatic N) is 5. The Labute approximate surface area is 319 Å². The van der Waals surface area contributed by atoms with Crippen LogP contribution in [0.25, 0.3) is 121 Å². The molecule has 0 radical (unpaired) electrons. The van der Waals surface area contributed by atoms with E-state index in [2.05, 4.69) is 153 Å². The summed E-state index contributed by atoms with van der Waals surface area (Å²) >= 11 is 0. The molecule has 0 amide bonds. The highest BCUT2D eigenvalue weighted by Crippen LogP contribution is 2.49. The third-order valence-corrected chi connectivity index (χ3v) is 11.9. The van der Waals surface area contributed by atoms with Crippen LogP contribution in [0.1, 0.15) is 0 Å². The molecule has 13 rings (SSSR count). The number of pyridine rings is 1. The minimum absolute atomic E-state index is 0.638. The fourth-order valence-corrected chi connectivity index (χ4v) is 9.57. The standard InChI is InChI=1S/C51H29N5/c1-2-13-31(14-3-1)46-45(53-41-21-11-29-52-51(41)54-46)32-23-26-33(27-24-32)55-42-22-9-8-18-39(42)44-49(55)36-17-7-6-16-35(36)43-40-20-10-19-37-38-28-25-30-12-4-5-15-34(30)47(38)56(48(37)40)50(43)44/h1-29H. The highest BCUT2D eigenvalue weighted by molar-refractivity contribution is 6.40. The Balaban J connectivity index is 1.15. The van der Waals surface area contributed by atoms with Gasteiger partial charge in [-0.15, -0.1) is 0 Å². The third kappa shape index (κ3) is 3.85. The molecule has 0 unspecified atom stereocenters. The highest BCUT2D eigenvalue weighted by Gasteiger charge is 2.26. The van der Waals surface area contributed by atoms with Crippen LogP contribution in [0.15, 0.2) is 176 Å². The fraction of sp³-hybridized carbons (Fsp3) is 0. The Hall–Kier alpha value is -7.63. The van der Waals surface area contributed by atoms with E-state index in [4.69, 9.17) is 9.97 Å². The maximum absolute atomic E-state index is 5.14. The van der Waals surface area contributed by atoms with E-state index in [1.807, 2.05) is 30.3 Å². The molecule has 0 aliphatic rings. The Bertz CT molecular complexity index is 3750. The van der Waals surface area contributed by atoms with E-state index >= 15 is 0 Å². The van der Waals surface area contributed by atoms with E-state index < -0.39 is 0 Å². The van der Waals surface area contributed by atoms with Gasteiger partial charge in [-0.2, -0.15) is 0 Å². The van der Waals surface area contributed by atoms with Crippen molar-refractivity contribution in [2.24, 2.45) is 0 Å². The lowest BCUT2D eigenvalue weighted by atomic mass is 9.98. The van der Waals surface area contributed by atoms with Crippen LogP contribution in [0.4, 0.5) is 0 Å². The number of rotatable bonds is 3. The normalized spacial score (nSPS) is 12.3. The number of benzene rings is 8. The molecule has 0 atom stereocenters. The molecule has 0 saturated carbocycles. The van der Waals surface area contributed by atoms with Crippen molar-refractivity contribution >= 4 is 92.6 Å². The molecule has 0 aliphatic carbocycles. The van der Waals surface area contributed by atoms with Crippen molar-refractivity contribution in [3.8, 4) is 28.2 Å². The van der Waals surface area contributed by atoms with E-state index in [1.165, 1.54) is 81.4 Å². The topological polar surface area (TPSA) is 48.0 Å². The van der Waals surface area contributed by atoms with Gasteiger partial charge >= 0.3 is 0 Å². The van der Waals surface area contributed by atoms with Crippen LogP contribution in [-0.4, -0.2) is 23.9 Å². The van der Waals surface area contributed by atoms with Gasteiger partial charge in [0, 0.05) is 66.1 Å². The molecule has 0 bridgehead atoms. The lowest BCUT2D eigenvalue weighted by Crippen LogP contribution is -1.98. The Kier molecular flexibility index (Phi) is 5.83. The summed E-state index contributed by atoms with van der Waals surface area (Å²) in [7, 11) is 0. The summed E-state index contributed by atoms with van der Waals surface area (Å²) in [6.07, 6.45) is 1.77. The number of fused-ring (bicyclic) bond motifs is 16. The summed E-state index contributed by atoms with van der Waals surface area (Å²) in [4.78, 5) is 14.7. The summed E-state index contributed by atoms with van der Waals surface area (Å²) in [6.45, 7) is 0. The second kappa shape index (κ2) is 11.0. The molecule has 0 fully saturated rings. The molecule has 5 heterocycles. The maximum Gasteiger partial charge on any atom is 0.178 e. The van der Waals surface area contributed by atoms with Gasteiger partial charge in [0.1, 0.15) is 5.52 Å². The van der Waals surface area contributed by atoms with Crippen LogP contribution >= 0.6 is 0 Å². The number of para-hydroxylation sites is 2. The molecule has 13 aromatic rings.